The van der Waals surface area contributed by atoms with Gasteiger partial charge in [0.05, 0.1) is 11.4 Å². The number of anilines is 1. The molecule has 10 heteroatoms. The van der Waals surface area contributed by atoms with E-state index in [4.69, 9.17) is 0 Å². The highest BCUT2D eigenvalue weighted by molar-refractivity contribution is 7.99. The molecule has 1 amide bonds. The number of amides is 1. The first-order valence-corrected chi connectivity index (χ1v) is 9.99. The molecule has 0 aliphatic heterocycles. The minimum atomic E-state index is -0.868. The monoisotopic (exact) mass is 441 g/mol. The SMILES string of the molecule is O=C(CSc1nnc(-c2ccncc2)n1-c1ccc(F)cc1)Nc1ccc(F)cc1F. The van der Waals surface area contributed by atoms with Crippen molar-refractivity contribution in [3.8, 4) is 17.1 Å². The van der Waals surface area contributed by atoms with Crippen LogP contribution < -0.4 is 5.32 Å². The molecule has 0 unspecified atom stereocenters. The lowest BCUT2D eigenvalue weighted by molar-refractivity contribution is -0.113. The molecule has 4 rings (SSSR count). The third-order valence-corrected chi connectivity index (χ3v) is 5.12. The number of nitrogens with one attached hydrogen (secondary N) is 1. The highest BCUT2D eigenvalue weighted by Gasteiger charge is 2.18. The van der Waals surface area contributed by atoms with Gasteiger partial charge in [0.25, 0.3) is 0 Å². The fourth-order valence-electron chi connectivity index (χ4n) is 2.78. The maximum Gasteiger partial charge on any atom is 0.234 e. The van der Waals surface area contributed by atoms with Crippen LogP contribution in [0.15, 0.2) is 72.1 Å². The number of hydrogen-bond donors (Lipinski definition) is 1. The number of rotatable bonds is 6. The lowest BCUT2D eigenvalue weighted by Crippen LogP contribution is -2.15. The Balaban J connectivity index is 1.58. The molecular weight excluding hydrogens is 427 g/mol. The maximum atomic E-state index is 13.8. The highest BCUT2D eigenvalue weighted by atomic mass is 32.2. The predicted molar refractivity (Wildman–Crippen MR) is 110 cm³/mol. The van der Waals surface area contributed by atoms with E-state index in [1.165, 1.54) is 12.1 Å². The third-order valence-electron chi connectivity index (χ3n) is 4.19. The molecule has 2 aromatic heterocycles. The van der Waals surface area contributed by atoms with Crippen LogP contribution in [0.5, 0.6) is 0 Å². The summed E-state index contributed by atoms with van der Waals surface area (Å²) in [6.07, 6.45) is 3.22. The zero-order valence-electron chi connectivity index (χ0n) is 15.8. The van der Waals surface area contributed by atoms with Gasteiger partial charge in [0.2, 0.25) is 5.91 Å². The van der Waals surface area contributed by atoms with Crippen molar-refractivity contribution in [2.75, 3.05) is 11.1 Å². The molecule has 2 heterocycles. The Hall–Kier alpha value is -3.66. The van der Waals surface area contributed by atoms with Crippen molar-refractivity contribution < 1.29 is 18.0 Å². The van der Waals surface area contributed by atoms with Crippen molar-refractivity contribution in [1.82, 2.24) is 19.7 Å². The molecule has 0 aliphatic carbocycles. The molecule has 4 aromatic rings. The Bertz CT molecular complexity index is 1220. The summed E-state index contributed by atoms with van der Waals surface area (Å²) in [6, 6.07) is 12.2. The summed E-state index contributed by atoms with van der Waals surface area (Å²) in [5.41, 5.74) is 1.21. The second kappa shape index (κ2) is 9.00. The molecule has 0 fully saturated rings. The van der Waals surface area contributed by atoms with Gasteiger partial charge >= 0.3 is 0 Å². The van der Waals surface area contributed by atoms with E-state index in [0.717, 1.165) is 29.5 Å². The van der Waals surface area contributed by atoms with Gasteiger partial charge in [0, 0.05) is 29.7 Å². The number of pyridine rings is 1. The lowest BCUT2D eigenvalue weighted by atomic mass is 10.2. The van der Waals surface area contributed by atoms with E-state index in [1.807, 2.05) is 0 Å². The van der Waals surface area contributed by atoms with Crippen molar-refractivity contribution in [3.63, 3.8) is 0 Å². The Morgan fingerprint density at radius 2 is 1.65 bits per heavy atom. The van der Waals surface area contributed by atoms with E-state index in [0.29, 0.717) is 22.7 Å². The van der Waals surface area contributed by atoms with Gasteiger partial charge in [0.15, 0.2) is 11.0 Å². The second-order valence-corrected chi connectivity index (χ2v) is 7.26. The van der Waals surface area contributed by atoms with E-state index in [2.05, 4.69) is 20.5 Å². The number of benzene rings is 2. The summed E-state index contributed by atoms with van der Waals surface area (Å²) in [6.45, 7) is 0. The van der Waals surface area contributed by atoms with Gasteiger partial charge in [-0.3, -0.25) is 14.3 Å². The standard InChI is InChI=1S/C21H14F3N5OS/c22-14-1-4-16(5-2-14)29-20(13-7-9-25-10-8-13)27-28-21(29)31-12-19(30)26-18-6-3-15(23)11-17(18)24/h1-11H,12H2,(H,26,30). The average Bonchev–Trinajstić information content (AvgIpc) is 3.19. The van der Waals surface area contributed by atoms with E-state index < -0.39 is 23.4 Å². The molecule has 0 spiro atoms. The van der Waals surface area contributed by atoms with Crippen LogP contribution in [0.3, 0.4) is 0 Å². The molecule has 31 heavy (non-hydrogen) atoms. The van der Waals surface area contributed by atoms with Crippen LogP contribution in [-0.4, -0.2) is 31.4 Å². The van der Waals surface area contributed by atoms with E-state index >= 15 is 0 Å². The quantitative estimate of drug-likeness (QED) is 0.447. The second-order valence-electron chi connectivity index (χ2n) is 6.31. The van der Waals surface area contributed by atoms with E-state index in [1.54, 1.807) is 41.2 Å². The van der Waals surface area contributed by atoms with Gasteiger partial charge in [-0.05, 0) is 48.5 Å². The van der Waals surface area contributed by atoms with Crippen LogP contribution in [0.25, 0.3) is 17.1 Å². The van der Waals surface area contributed by atoms with Gasteiger partial charge in [-0.25, -0.2) is 13.2 Å². The normalized spacial score (nSPS) is 10.8. The van der Waals surface area contributed by atoms with Crippen LogP contribution in [-0.2, 0) is 4.79 Å². The van der Waals surface area contributed by atoms with Crippen molar-refractivity contribution >= 4 is 23.4 Å². The number of carbonyl (C=O) groups is 1. The fourth-order valence-corrected chi connectivity index (χ4v) is 3.53. The van der Waals surface area contributed by atoms with Crippen LogP contribution in [0.2, 0.25) is 0 Å². The molecule has 0 saturated heterocycles. The first-order chi connectivity index (χ1) is 15.0. The van der Waals surface area contributed by atoms with Gasteiger partial charge in [-0.1, -0.05) is 11.8 Å². The lowest BCUT2D eigenvalue weighted by Gasteiger charge is -2.10. The van der Waals surface area contributed by atoms with Crippen molar-refractivity contribution in [1.29, 1.82) is 0 Å². The van der Waals surface area contributed by atoms with Gasteiger partial charge in [-0.15, -0.1) is 10.2 Å². The van der Waals surface area contributed by atoms with Gasteiger partial charge in [-0.2, -0.15) is 0 Å². The fraction of sp³-hybridized carbons (Fsp3) is 0.0476. The van der Waals surface area contributed by atoms with Gasteiger partial charge in [0.1, 0.15) is 17.5 Å². The molecule has 2 aromatic carbocycles. The van der Waals surface area contributed by atoms with Crippen molar-refractivity contribution in [3.05, 3.63) is 84.4 Å². The van der Waals surface area contributed by atoms with Crippen LogP contribution in [0.4, 0.5) is 18.9 Å². The third kappa shape index (κ3) is 4.75. The summed E-state index contributed by atoms with van der Waals surface area (Å²) in [5, 5.41) is 11.1. The highest BCUT2D eigenvalue weighted by Crippen LogP contribution is 2.28. The van der Waals surface area contributed by atoms with Crippen LogP contribution in [0.1, 0.15) is 0 Å². The number of carbonyl (C=O) groups excluding carboxylic acids is 1. The Labute approximate surface area is 179 Å². The minimum absolute atomic E-state index is 0.105. The molecule has 0 aliphatic rings. The molecule has 1 N–H and O–H groups in total. The summed E-state index contributed by atoms with van der Waals surface area (Å²) >= 11 is 1.07. The summed E-state index contributed by atoms with van der Waals surface area (Å²) in [5.74, 6) is -2.12. The molecule has 0 atom stereocenters. The molecule has 6 nitrogen and oxygen atoms in total. The Morgan fingerprint density at radius 1 is 0.935 bits per heavy atom. The van der Waals surface area contributed by atoms with Crippen molar-refractivity contribution in [2.45, 2.75) is 5.16 Å². The zero-order valence-corrected chi connectivity index (χ0v) is 16.6. The number of halogens is 3. The number of thioether (sulfide) groups is 1. The predicted octanol–water partition coefficient (Wildman–Crippen LogP) is 4.48. The number of hydrogen-bond acceptors (Lipinski definition) is 5. The molecule has 0 radical (unpaired) electrons. The van der Waals surface area contributed by atoms with Crippen LogP contribution >= 0.6 is 11.8 Å². The zero-order chi connectivity index (χ0) is 21.8. The molecule has 0 saturated carbocycles. The van der Waals surface area contributed by atoms with E-state index in [-0.39, 0.29) is 11.4 Å². The first-order valence-electron chi connectivity index (χ1n) is 9.01. The Morgan fingerprint density at radius 3 is 2.35 bits per heavy atom. The van der Waals surface area contributed by atoms with Crippen molar-refractivity contribution in [2.24, 2.45) is 0 Å². The summed E-state index contributed by atoms with van der Waals surface area (Å²) < 4.78 is 41.9. The number of aromatic nitrogens is 4. The topological polar surface area (TPSA) is 72.7 Å². The first kappa shape index (κ1) is 20.6. The maximum absolute atomic E-state index is 13.8. The summed E-state index contributed by atoms with van der Waals surface area (Å²) in [4.78, 5) is 16.3. The van der Waals surface area contributed by atoms with Crippen LogP contribution in [0, 0.1) is 17.5 Å². The smallest absolute Gasteiger partial charge is 0.234 e. The largest absolute Gasteiger partial charge is 0.323 e. The Kier molecular flexibility index (Phi) is 5.99. The minimum Gasteiger partial charge on any atom is -0.323 e. The molecule has 0 bridgehead atoms. The van der Waals surface area contributed by atoms with E-state index in [9.17, 15) is 18.0 Å². The molecular formula is C21H14F3N5OS. The summed E-state index contributed by atoms with van der Waals surface area (Å²) in [7, 11) is 0. The van der Waals surface area contributed by atoms with Gasteiger partial charge < -0.3 is 5.32 Å². The average molecular weight is 441 g/mol. The molecule has 156 valence electrons. The number of nitrogens with zero attached hydrogens (tertiary/aromatic N) is 4.